The van der Waals surface area contributed by atoms with Gasteiger partial charge < -0.3 is 18.9 Å². The Kier molecular flexibility index (Phi) is 10.9. The molecule has 0 amide bonds. The molecule has 1 saturated heterocycles. The molecule has 7 rings (SSSR count). The van der Waals surface area contributed by atoms with Crippen molar-refractivity contribution >= 4 is 30.3 Å². The van der Waals surface area contributed by atoms with Crippen LogP contribution >= 0.6 is 30.3 Å². The van der Waals surface area contributed by atoms with E-state index in [0.29, 0.717) is 49.4 Å². The second kappa shape index (κ2) is 14.2. The zero-order valence-corrected chi connectivity index (χ0v) is 37.0. The minimum atomic E-state index is -0.187. The van der Waals surface area contributed by atoms with E-state index in [4.69, 9.17) is 18.9 Å². The molecule has 0 bridgehead atoms. The van der Waals surface area contributed by atoms with Crippen LogP contribution in [-0.2, 0) is 25.6 Å². The Balaban J connectivity index is 1.19. The molecule has 0 aromatic heterocycles. The SMILES string of the molecule is CO[C@H](C)C(OC[C@](C)(NSI)C(C)C)[C@@]1(C)COC(C)C2(C)C3=CC[C@]45C=C6C[C@]([C@H](OCc7ccccc7)C(C)C)(CCC4(C)[C@H]3CC[C@H]21)[C@@H]65. The van der Waals surface area contributed by atoms with Crippen molar-refractivity contribution in [2.45, 2.75) is 144 Å². The van der Waals surface area contributed by atoms with Gasteiger partial charge in [-0.05, 0) is 109 Å². The van der Waals surface area contributed by atoms with Crippen LogP contribution < -0.4 is 4.72 Å². The van der Waals surface area contributed by atoms with E-state index in [1.54, 1.807) is 20.3 Å². The van der Waals surface area contributed by atoms with E-state index in [9.17, 15) is 0 Å². The number of allylic oxidation sites excluding steroid dienone is 3. The Bertz CT molecular complexity index is 1530. The predicted octanol–water partition coefficient (Wildman–Crippen LogP) is 11.2. The Morgan fingerprint density at radius 3 is 2.38 bits per heavy atom. The first-order chi connectivity index (χ1) is 24.6. The van der Waals surface area contributed by atoms with E-state index in [-0.39, 0.29) is 57.0 Å². The number of halogens is 1. The molecule has 7 heteroatoms. The summed E-state index contributed by atoms with van der Waals surface area (Å²) in [5.74, 6) is 2.58. The zero-order valence-electron chi connectivity index (χ0n) is 34.0. The van der Waals surface area contributed by atoms with Crippen molar-refractivity contribution in [3.05, 3.63) is 59.2 Å². The van der Waals surface area contributed by atoms with Gasteiger partial charge in [-0.2, -0.15) is 0 Å². The summed E-state index contributed by atoms with van der Waals surface area (Å²) < 4.78 is 30.9. The largest absolute Gasteiger partial charge is 0.379 e. The average molecular weight is 846 g/mol. The lowest BCUT2D eigenvalue weighted by Crippen LogP contribution is -2.73. The van der Waals surface area contributed by atoms with Gasteiger partial charge in [-0.1, -0.05) is 102 Å². The van der Waals surface area contributed by atoms with Gasteiger partial charge in [-0.15, -0.1) is 0 Å². The molecule has 5 aliphatic carbocycles. The Morgan fingerprint density at radius 2 is 1.75 bits per heavy atom. The smallest absolute Gasteiger partial charge is 0.0913 e. The first-order valence-corrected chi connectivity index (χ1v) is 23.8. The molecule has 3 saturated carbocycles. The van der Waals surface area contributed by atoms with Crippen molar-refractivity contribution in [2.24, 2.45) is 56.7 Å². The van der Waals surface area contributed by atoms with Crippen molar-refractivity contribution in [3.8, 4) is 0 Å². The number of benzene rings is 1. The normalized spacial score (nSPS) is 41.9. The second-order valence-electron chi connectivity index (χ2n) is 19.7. The third-order valence-electron chi connectivity index (χ3n) is 16.8. The molecule has 1 heterocycles. The molecule has 13 atom stereocenters. The monoisotopic (exact) mass is 845 g/mol. The van der Waals surface area contributed by atoms with Crippen LogP contribution in [0.5, 0.6) is 0 Å². The highest BCUT2D eigenvalue weighted by molar-refractivity contribution is 14.2. The highest BCUT2D eigenvalue weighted by Crippen LogP contribution is 2.83. The summed E-state index contributed by atoms with van der Waals surface area (Å²) in [6.07, 6.45) is 13.3. The summed E-state index contributed by atoms with van der Waals surface area (Å²) in [7, 11) is 3.50. The van der Waals surface area contributed by atoms with E-state index in [2.05, 4.69) is 138 Å². The summed E-state index contributed by atoms with van der Waals surface area (Å²) >= 11 is 2.34. The average Bonchev–Trinajstić information content (AvgIpc) is 3.09. The van der Waals surface area contributed by atoms with Crippen LogP contribution in [0.1, 0.15) is 113 Å². The fraction of sp³-hybridized carbons (Fsp3) is 0.778. The third kappa shape index (κ3) is 5.68. The van der Waals surface area contributed by atoms with Gasteiger partial charge in [-0.3, -0.25) is 0 Å². The van der Waals surface area contributed by atoms with E-state index in [1.807, 2.05) is 7.11 Å². The standard InChI is InChI=1S/C45H68INO4S/c1-28(2)38(49-25-32-15-13-12-14-16-32)44-22-21-41(8)34-17-18-36-40(7,39(30(5)48-11)51-27-42(9,29(3)4)47-52-46)26-50-31(6)43(36,10)35(34)19-20-45(41)24-33(23-44)37(44)45/h12-16,19,24,28-31,34,36-39,47H,17-18,20-23,25-27H2,1-11H3/t30-,31?,34+,36+,37-,38-,39?,40+,41?,42+,43?,44-,45-/m1/s1. The number of ether oxygens (including phenoxy) is 4. The van der Waals surface area contributed by atoms with Gasteiger partial charge in [0, 0.05) is 50.0 Å². The number of hydrogen-bond donors (Lipinski definition) is 1. The van der Waals surface area contributed by atoms with Gasteiger partial charge in [0.2, 0.25) is 0 Å². The highest BCUT2D eigenvalue weighted by Gasteiger charge is 2.77. The lowest BCUT2D eigenvalue weighted by atomic mass is 9.26. The Morgan fingerprint density at radius 1 is 1.02 bits per heavy atom. The van der Waals surface area contributed by atoms with E-state index in [1.165, 1.54) is 37.7 Å². The minimum Gasteiger partial charge on any atom is -0.379 e. The molecule has 1 aromatic rings. The number of nitrogens with one attached hydrogen (secondary N) is 1. The molecular formula is C45H68INO4S. The van der Waals surface area contributed by atoms with Crippen LogP contribution in [0.4, 0.5) is 0 Å². The summed E-state index contributed by atoms with van der Waals surface area (Å²) in [4.78, 5) is 0. The lowest BCUT2D eigenvalue weighted by molar-refractivity contribution is -0.255. The van der Waals surface area contributed by atoms with Crippen molar-refractivity contribution in [1.29, 1.82) is 0 Å². The molecule has 4 unspecified atom stereocenters. The van der Waals surface area contributed by atoms with Crippen LogP contribution in [0.25, 0.3) is 0 Å². The van der Waals surface area contributed by atoms with Crippen LogP contribution in [0, 0.1) is 56.7 Å². The molecule has 5 nitrogen and oxygen atoms in total. The lowest BCUT2D eigenvalue weighted by Gasteiger charge is -2.79. The van der Waals surface area contributed by atoms with Gasteiger partial charge in [0.1, 0.15) is 0 Å². The molecule has 1 aromatic carbocycles. The topological polar surface area (TPSA) is 49.0 Å². The molecule has 0 radical (unpaired) electrons. The number of methoxy groups -OCH3 is 1. The van der Waals surface area contributed by atoms with E-state index < -0.39 is 0 Å². The Hall–Kier alpha value is -0.420. The van der Waals surface area contributed by atoms with Crippen LogP contribution in [-0.4, -0.2) is 50.3 Å². The maximum atomic E-state index is 7.12. The molecular weight excluding hydrogens is 777 g/mol. The fourth-order valence-electron chi connectivity index (χ4n) is 13.4. The first kappa shape index (κ1) is 39.8. The fourth-order valence-corrected chi connectivity index (χ4v) is 15.4. The van der Waals surface area contributed by atoms with Crippen molar-refractivity contribution in [3.63, 3.8) is 0 Å². The van der Waals surface area contributed by atoms with Gasteiger partial charge in [0.25, 0.3) is 0 Å². The van der Waals surface area contributed by atoms with Gasteiger partial charge in [0.15, 0.2) is 0 Å². The number of hydrogen-bond acceptors (Lipinski definition) is 6. The molecule has 290 valence electrons. The van der Waals surface area contributed by atoms with Crippen LogP contribution in [0.3, 0.4) is 0 Å². The molecule has 1 N–H and O–H groups in total. The van der Waals surface area contributed by atoms with Gasteiger partial charge in [0.05, 0.1) is 49.8 Å². The van der Waals surface area contributed by atoms with Crippen LogP contribution in [0.2, 0.25) is 0 Å². The maximum Gasteiger partial charge on any atom is 0.0913 e. The predicted molar refractivity (Wildman–Crippen MR) is 223 cm³/mol. The quantitative estimate of drug-likeness (QED) is 0.114. The summed E-state index contributed by atoms with van der Waals surface area (Å²) in [6.45, 7) is 26.0. The first-order valence-electron chi connectivity index (χ1n) is 20.5. The van der Waals surface area contributed by atoms with Crippen molar-refractivity contribution < 1.29 is 18.9 Å². The van der Waals surface area contributed by atoms with E-state index in [0.717, 1.165) is 6.42 Å². The van der Waals surface area contributed by atoms with Crippen molar-refractivity contribution in [1.82, 2.24) is 4.72 Å². The minimum absolute atomic E-state index is 0.0459. The second-order valence-corrected chi connectivity index (χ2v) is 21.4. The molecule has 1 aliphatic heterocycles. The van der Waals surface area contributed by atoms with E-state index >= 15 is 0 Å². The molecule has 6 aliphatic rings. The maximum absolute atomic E-state index is 7.12. The Labute approximate surface area is 332 Å². The summed E-state index contributed by atoms with van der Waals surface area (Å²) in [5, 5.41) is 0. The highest BCUT2D eigenvalue weighted by atomic mass is 127. The number of fused-ring (bicyclic) bond motifs is 4. The number of rotatable bonds is 14. The zero-order chi connectivity index (χ0) is 37.5. The van der Waals surface area contributed by atoms with Gasteiger partial charge in [-0.25, -0.2) is 4.72 Å². The summed E-state index contributed by atoms with van der Waals surface area (Å²) in [6, 6.07) is 10.8. The van der Waals surface area contributed by atoms with Gasteiger partial charge >= 0.3 is 0 Å². The van der Waals surface area contributed by atoms with Crippen LogP contribution in [0.15, 0.2) is 53.6 Å². The third-order valence-corrected chi connectivity index (χ3v) is 18.0. The van der Waals surface area contributed by atoms with Crippen molar-refractivity contribution in [2.75, 3.05) is 20.3 Å². The molecule has 52 heavy (non-hydrogen) atoms. The molecule has 4 fully saturated rings. The summed E-state index contributed by atoms with van der Waals surface area (Å²) in [5.41, 5.74) is 5.06. The molecule has 1 spiro atoms.